The van der Waals surface area contributed by atoms with Crippen LogP contribution in [0.3, 0.4) is 0 Å². The number of H-pyrrole nitrogens is 1. The van der Waals surface area contributed by atoms with Gasteiger partial charge in [0.1, 0.15) is 0 Å². The van der Waals surface area contributed by atoms with E-state index in [1.165, 1.54) is 4.68 Å². The van der Waals surface area contributed by atoms with E-state index in [-0.39, 0.29) is 26.6 Å². The second-order valence-corrected chi connectivity index (χ2v) is 2.45. The maximum absolute atomic E-state index is 11.2. The number of nitrogens with zero attached hydrogens (tertiary/aromatic N) is 1. The van der Waals surface area contributed by atoms with Crippen molar-refractivity contribution in [3.05, 3.63) is 34.6 Å². The van der Waals surface area contributed by atoms with Gasteiger partial charge in [0.2, 0.25) is 5.56 Å². The minimum absolute atomic E-state index is 0. The molecular weight excluding hydrogens is 324 g/mol. The fraction of sp³-hybridized carbons (Fsp3) is 0.125. The Hall–Kier alpha value is -0.822. The number of hydrogen-bond donors (Lipinski definition) is 1. The van der Waals surface area contributed by atoms with Gasteiger partial charge in [-0.15, -0.1) is 0 Å². The van der Waals surface area contributed by atoms with Crippen LogP contribution in [0.1, 0.15) is 0 Å². The van der Waals surface area contributed by atoms with Gasteiger partial charge >= 0.3 is 0 Å². The number of rotatable bonds is 0. The van der Waals surface area contributed by atoms with Crippen LogP contribution in [0.2, 0.25) is 0 Å². The zero-order chi connectivity index (χ0) is 7.84. The van der Waals surface area contributed by atoms with Crippen LogP contribution in [0.5, 0.6) is 0 Å². The molecule has 62 valence electrons. The Kier molecular flexibility index (Phi) is 2.53. The fourth-order valence-corrected chi connectivity index (χ4v) is 1.12. The van der Waals surface area contributed by atoms with E-state index in [1.54, 1.807) is 25.2 Å². The second kappa shape index (κ2) is 3.28. The van der Waals surface area contributed by atoms with Gasteiger partial charge in [0.25, 0.3) is 0 Å². The monoisotopic (exact) mass is 331 g/mol. The zero-order valence-corrected chi connectivity index (χ0v) is 9.43. The van der Waals surface area contributed by atoms with Crippen molar-refractivity contribution < 1.29 is 21.1 Å². The summed E-state index contributed by atoms with van der Waals surface area (Å²) in [5.41, 5.74) is 0.842. The molecule has 2 rings (SSSR count). The molecule has 0 amide bonds. The van der Waals surface area contributed by atoms with Crippen LogP contribution in [0, 0.1) is 6.07 Å². The Balaban J connectivity index is 0.000000720. The first-order chi connectivity index (χ1) is 5.29. The first kappa shape index (κ1) is 9.27. The molecule has 1 aromatic carbocycles. The summed E-state index contributed by atoms with van der Waals surface area (Å²) in [5.74, 6) is 0. The molecule has 1 heterocycles. The van der Waals surface area contributed by atoms with Gasteiger partial charge in [-0.2, -0.15) is 24.3 Å². The molecule has 0 saturated carbocycles. The standard InChI is InChI=1S/C8H7N2O.W/c1-10-8(11)6-4-2-3-5-7(6)9-10;/h2,4-5,9H,1H3;/q-1;. The van der Waals surface area contributed by atoms with Crippen LogP contribution >= 0.6 is 0 Å². The average molecular weight is 331 g/mol. The van der Waals surface area contributed by atoms with E-state index in [0.717, 1.165) is 5.52 Å². The second-order valence-electron chi connectivity index (χ2n) is 2.45. The quantitative estimate of drug-likeness (QED) is 0.708. The number of benzene rings is 1. The largest absolute Gasteiger partial charge is 0.349 e. The van der Waals surface area contributed by atoms with Crippen LogP contribution in [0.25, 0.3) is 10.9 Å². The number of hydrogen-bond acceptors (Lipinski definition) is 1. The molecule has 0 unspecified atom stereocenters. The smallest absolute Gasteiger partial charge is 0.248 e. The van der Waals surface area contributed by atoms with E-state index < -0.39 is 0 Å². The molecule has 2 aromatic rings. The van der Waals surface area contributed by atoms with Crippen molar-refractivity contribution in [2.45, 2.75) is 0 Å². The maximum Gasteiger partial charge on any atom is 0.248 e. The SMILES string of the molecule is Cn1[nH]c2c[c-]ccc2c1=O.[W]. The molecule has 4 heteroatoms. The van der Waals surface area contributed by atoms with Gasteiger partial charge in [-0.1, -0.05) is 0 Å². The van der Waals surface area contributed by atoms with Gasteiger partial charge in [-0.25, -0.2) is 0 Å². The van der Waals surface area contributed by atoms with Crippen molar-refractivity contribution in [3.63, 3.8) is 0 Å². The molecule has 0 bridgehead atoms. The minimum Gasteiger partial charge on any atom is -0.349 e. The predicted molar refractivity (Wildman–Crippen MR) is 42.4 cm³/mol. The van der Waals surface area contributed by atoms with E-state index in [1.807, 2.05) is 0 Å². The summed E-state index contributed by atoms with van der Waals surface area (Å²) in [6, 6.07) is 8.14. The van der Waals surface area contributed by atoms with Crippen molar-refractivity contribution in [2.75, 3.05) is 0 Å². The molecule has 0 aliphatic heterocycles. The fourth-order valence-electron chi connectivity index (χ4n) is 1.12. The molecule has 1 aromatic heterocycles. The Bertz CT molecular complexity index is 443. The third-order valence-corrected chi connectivity index (χ3v) is 1.69. The van der Waals surface area contributed by atoms with Gasteiger partial charge in [0.05, 0.1) is 0 Å². The zero-order valence-electron chi connectivity index (χ0n) is 6.50. The molecule has 0 spiro atoms. The third kappa shape index (κ3) is 1.25. The van der Waals surface area contributed by atoms with E-state index in [4.69, 9.17) is 0 Å². The molecule has 0 fully saturated rings. The van der Waals surface area contributed by atoms with Gasteiger partial charge in [0, 0.05) is 28.1 Å². The van der Waals surface area contributed by atoms with E-state index in [2.05, 4.69) is 11.2 Å². The number of aromatic nitrogens is 2. The van der Waals surface area contributed by atoms with Crippen LogP contribution < -0.4 is 5.56 Å². The average Bonchev–Trinajstić information content (AvgIpc) is 2.30. The van der Waals surface area contributed by atoms with Crippen molar-refractivity contribution in [1.82, 2.24) is 9.78 Å². The molecule has 0 aliphatic carbocycles. The Morgan fingerprint density at radius 1 is 1.58 bits per heavy atom. The van der Waals surface area contributed by atoms with E-state index >= 15 is 0 Å². The number of aryl methyl sites for hydroxylation is 1. The normalized spacial score (nSPS) is 9.75. The maximum atomic E-state index is 11.2. The van der Waals surface area contributed by atoms with Crippen LogP contribution in [-0.4, -0.2) is 9.78 Å². The summed E-state index contributed by atoms with van der Waals surface area (Å²) in [6.07, 6.45) is 0. The summed E-state index contributed by atoms with van der Waals surface area (Å²) in [4.78, 5) is 11.2. The van der Waals surface area contributed by atoms with Crippen LogP contribution in [0.4, 0.5) is 0 Å². The van der Waals surface area contributed by atoms with Crippen LogP contribution in [0.15, 0.2) is 23.0 Å². The predicted octanol–water partition coefficient (Wildman–Crippen LogP) is 0.664. The summed E-state index contributed by atoms with van der Waals surface area (Å²) in [6.45, 7) is 0. The Labute approximate surface area is 83.6 Å². The van der Waals surface area contributed by atoms with Crippen molar-refractivity contribution in [2.24, 2.45) is 7.05 Å². The summed E-state index contributed by atoms with van der Waals surface area (Å²) in [5, 5.41) is 3.61. The van der Waals surface area contributed by atoms with E-state index in [0.29, 0.717) is 5.39 Å². The van der Waals surface area contributed by atoms with Crippen molar-refractivity contribution in [1.29, 1.82) is 0 Å². The Morgan fingerprint density at radius 3 is 3.00 bits per heavy atom. The number of fused-ring (bicyclic) bond motifs is 1. The van der Waals surface area contributed by atoms with Gasteiger partial charge in [0.15, 0.2) is 0 Å². The molecule has 0 atom stereocenters. The molecular formula is C8H7N2OW-. The molecule has 3 nitrogen and oxygen atoms in total. The minimum atomic E-state index is 0. The number of aromatic amines is 1. The van der Waals surface area contributed by atoms with E-state index in [9.17, 15) is 4.79 Å². The summed E-state index contributed by atoms with van der Waals surface area (Å²) in [7, 11) is 1.70. The topological polar surface area (TPSA) is 37.8 Å². The van der Waals surface area contributed by atoms with Crippen molar-refractivity contribution >= 4 is 10.9 Å². The molecule has 1 N–H and O–H groups in total. The molecule has 0 saturated heterocycles. The first-order valence-electron chi connectivity index (χ1n) is 3.34. The van der Waals surface area contributed by atoms with Gasteiger partial charge in [-0.05, 0) is 10.9 Å². The molecule has 0 radical (unpaired) electrons. The summed E-state index contributed by atoms with van der Waals surface area (Å²) < 4.78 is 1.46. The number of nitrogens with one attached hydrogen (secondary N) is 1. The Morgan fingerprint density at radius 2 is 2.33 bits per heavy atom. The first-order valence-corrected chi connectivity index (χ1v) is 3.34. The summed E-state index contributed by atoms with van der Waals surface area (Å²) >= 11 is 0. The third-order valence-electron chi connectivity index (χ3n) is 1.69. The van der Waals surface area contributed by atoms with Gasteiger partial charge < -0.3 is 5.10 Å². The molecule has 0 aliphatic rings. The van der Waals surface area contributed by atoms with Gasteiger partial charge in [-0.3, -0.25) is 9.48 Å². The molecule has 12 heavy (non-hydrogen) atoms. The van der Waals surface area contributed by atoms with Crippen LogP contribution in [-0.2, 0) is 28.1 Å². The van der Waals surface area contributed by atoms with Crippen molar-refractivity contribution in [3.8, 4) is 0 Å².